The van der Waals surface area contributed by atoms with Crippen molar-refractivity contribution in [3.8, 4) is 22.9 Å². The number of aliphatic hydroxyl groups excluding tert-OH is 2. The van der Waals surface area contributed by atoms with E-state index >= 15 is 0 Å². The first-order valence-electron chi connectivity index (χ1n) is 18.4. The molecule has 1 aliphatic heterocycles. The predicted molar refractivity (Wildman–Crippen MR) is 213 cm³/mol. The van der Waals surface area contributed by atoms with E-state index in [0.29, 0.717) is 37.9 Å². The molecule has 0 bridgehead atoms. The van der Waals surface area contributed by atoms with E-state index in [-0.39, 0.29) is 26.4 Å². The van der Waals surface area contributed by atoms with E-state index in [0.717, 1.165) is 49.9 Å². The fourth-order valence-electron chi connectivity index (χ4n) is 7.39. The summed E-state index contributed by atoms with van der Waals surface area (Å²) in [4.78, 5) is 0. The first kappa shape index (κ1) is 35.4. The van der Waals surface area contributed by atoms with Crippen molar-refractivity contribution in [2.24, 2.45) is 0 Å². The molecule has 0 fully saturated rings. The molecule has 54 heavy (non-hydrogen) atoms. The van der Waals surface area contributed by atoms with Crippen molar-refractivity contribution in [1.82, 2.24) is 4.57 Å². The van der Waals surface area contributed by atoms with E-state index in [1.807, 2.05) is 48.5 Å². The average molecular weight is 722 g/mol. The molecule has 0 unspecified atom stereocenters. The fraction of sp³-hybridized carbons (Fsp3) is 0.217. The van der Waals surface area contributed by atoms with Gasteiger partial charge in [-0.1, -0.05) is 84.4 Å². The van der Waals surface area contributed by atoms with Gasteiger partial charge in [-0.15, -0.1) is 0 Å². The number of rotatable bonds is 15. The summed E-state index contributed by atoms with van der Waals surface area (Å²) in [6.45, 7) is 4.15. The summed E-state index contributed by atoms with van der Waals surface area (Å²) < 4.78 is 32.5. The van der Waals surface area contributed by atoms with Gasteiger partial charge in [-0.3, -0.25) is 0 Å². The van der Waals surface area contributed by atoms with Gasteiger partial charge in [-0.25, -0.2) is 0 Å². The molecule has 7 aromatic rings. The molecule has 0 saturated heterocycles. The predicted octanol–water partition coefficient (Wildman–Crippen LogP) is 8.37. The number of aromatic nitrogens is 1. The van der Waals surface area contributed by atoms with E-state index in [4.69, 9.17) is 33.9 Å². The molecule has 0 amide bonds. The van der Waals surface area contributed by atoms with Gasteiger partial charge in [0.05, 0.1) is 50.7 Å². The van der Waals surface area contributed by atoms with E-state index < -0.39 is 5.60 Å². The average Bonchev–Trinajstić information content (AvgIpc) is 3.57. The lowest BCUT2D eigenvalue weighted by Gasteiger charge is -2.37. The normalized spacial score (nSPS) is 13.3. The Kier molecular flexibility index (Phi) is 10.3. The zero-order valence-corrected chi connectivity index (χ0v) is 30.2. The second kappa shape index (κ2) is 15.8. The SMILES string of the molecule is Cc1ccc(-n2c3ccccc3c3c4ccccc4c4c(c32)C=CC(c2ccc(OCCOCCO)cc2)(c2ccc(OCCOCCO)cc2)O4)cc1. The van der Waals surface area contributed by atoms with Crippen molar-refractivity contribution in [1.29, 1.82) is 0 Å². The molecule has 0 atom stereocenters. The standard InChI is InChI=1S/C46H43NO7/c1-32-10-16-35(17-11-32)47-42-9-5-4-8-40(42)43-38-6-2-3-7-39(38)45-41(44(43)47)22-23-46(54-45,33-12-18-36(19-13-33)52-30-28-50-26-24-48)34-14-20-37(21-15-34)53-31-29-51-27-25-49/h2-23,48-49H,24-31H2,1H3. The van der Waals surface area contributed by atoms with Crippen LogP contribution in [-0.2, 0) is 15.1 Å². The van der Waals surface area contributed by atoms with Crippen LogP contribution in [0.25, 0.3) is 44.3 Å². The highest BCUT2D eigenvalue weighted by molar-refractivity contribution is 6.25. The van der Waals surface area contributed by atoms with Crippen LogP contribution in [0.3, 0.4) is 0 Å². The monoisotopic (exact) mass is 721 g/mol. The molecule has 0 spiro atoms. The highest BCUT2D eigenvalue weighted by Crippen LogP contribution is 2.51. The van der Waals surface area contributed by atoms with Crippen LogP contribution in [0.15, 0.2) is 127 Å². The van der Waals surface area contributed by atoms with Crippen LogP contribution in [-0.4, -0.2) is 67.6 Å². The number of aryl methyl sites for hydroxylation is 1. The summed E-state index contributed by atoms with van der Waals surface area (Å²) in [7, 11) is 0. The second-order valence-electron chi connectivity index (χ2n) is 13.3. The van der Waals surface area contributed by atoms with E-state index in [2.05, 4.69) is 96.4 Å². The number of nitrogens with zero attached hydrogens (tertiary/aromatic N) is 1. The van der Waals surface area contributed by atoms with Gasteiger partial charge in [0.1, 0.15) is 30.5 Å². The summed E-state index contributed by atoms with van der Waals surface area (Å²) in [5.41, 5.74) is 6.41. The highest BCUT2D eigenvalue weighted by Gasteiger charge is 2.39. The number of benzene rings is 6. The van der Waals surface area contributed by atoms with Crippen molar-refractivity contribution < 1.29 is 33.9 Å². The largest absolute Gasteiger partial charge is 0.491 e. The molecule has 274 valence electrons. The first-order chi connectivity index (χ1) is 26.6. The molecule has 0 saturated carbocycles. The third-order valence-corrected chi connectivity index (χ3v) is 9.89. The number of ether oxygens (including phenoxy) is 5. The summed E-state index contributed by atoms with van der Waals surface area (Å²) >= 11 is 0. The smallest absolute Gasteiger partial charge is 0.178 e. The van der Waals surface area contributed by atoms with Gasteiger partial charge in [-0.05, 0) is 66.9 Å². The molecule has 1 aromatic heterocycles. The summed E-state index contributed by atoms with van der Waals surface area (Å²) in [6.07, 6.45) is 4.39. The van der Waals surface area contributed by atoms with Crippen LogP contribution in [0.1, 0.15) is 22.3 Å². The lowest BCUT2D eigenvalue weighted by Crippen LogP contribution is -2.34. The second-order valence-corrected chi connectivity index (χ2v) is 13.3. The van der Waals surface area contributed by atoms with Crippen LogP contribution in [0, 0.1) is 6.92 Å². The maximum Gasteiger partial charge on any atom is 0.178 e. The van der Waals surface area contributed by atoms with E-state index in [1.54, 1.807) is 0 Å². The van der Waals surface area contributed by atoms with Gasteiger partial charge >= 0.3 is 0 Å². The van der Waals surface area contributed by atoms with Gasteiger partial charge in [0.15, 0.2) is 5.60 Å². The maximum absolute atomic E-state index is 9.01. The molecule has 2 heterocycles. The van der Waals surface area contributed by atoms with Crippen LogP contribution < -0.4 is 14.2 Å². The quantitative estimate of drug-likeness (QED) is 0.103. The molecule has 2 N–H and O–H groups in total. The number of hydrogen-bond acceptors (Lipinski definition) is 7. The van der Waals surface area contributed by atoms with Crippen LogP contribution in [0.2, 0.25) is 0 Å². The molecular formula is C46H43NO7. The molecule has 8 nitrogen and oxygen atoms in total. The zero-order valence-electron chi connectivity index (χ0n) is 30.2. The number of aliphatic hydroxyl groups is 2. The molecule has 8 rings (SSSR count). The fourth-order valence-corrected chi connectivity index (χ4v) is 7.39. The summed E-state index contributed by atoms with van der Waals surface area (Å²) in [5.74, 6) is 2.23. The number of hydrogen-bond donors (Lipinski definition) is 2. The molecular weight excluding hydrogens is 679 g/mol. The van der Waals surface area contributed by atoms with Gasteiger partial charge < -0.3 is 38.5 Å². The molecule has 0 radical (unpaired) electrons. The van der Waals surface area contributed by atoms with Gasteiger partial charge in [0.2, 0.25) is 0 Å². The highest BCUT2D eigenvalue weighted by atomic mass is 16.5. The van der Waals surface area contributed by atoms with E-state index in [9.17, 15) is 0 Å². The Bertz CT molecular complexity index is 2340. The molecule has 8 heteroatoms. The third kappa shape index (κ3) is 6.70. The third-order valence-electron chi connectivity index (χ3n) is 9.89. The van der Waals surface area contributed by atoms with Crippen molar-refractivity contribution >= 4 is 38.7 Å². The van der Waals surface area contributed by atoms with Crippen LogP contribution in [0.5, 0.6) is 17.2 Å². The minimum absolute atomic E-state index is 0.0193. The minimum Gasteiger partial charge on any atom is -0.491 e. The molecule has 1 aliphatic rings. The van der Waals surface area contributed by atoms with Gasteiger partial charge in [0.25, 0.3) is 0 Å². The minimum atomic E-state index is -0.990. The van der Waals surface area contributed by atoms with E-state index in [1.165, 1.54) is 16.3 Å². The van der Waals surface area contributed by atoms with Gasteiger partial charge in [-0.2, -0.15) is 0 Å². The van der Waals surface area contributed by atoms with Crippen LogP contribution in [0.4, 0.5) is 0 Å². The summed E-state index contributed by atoms with van der Waals surface area (Å²) in [6, 6.07) is 41.8. The molecule has 6 aromatic carbocycles. The van der Waals surface area contributed by atoms with Crippen LogP contribution >= 0.6 is 0 Å². The number of para-hydroxylation sites is 1. The zero-order chi connectivity index (χ0) is 36.9. The van der Waals surface area contributed by atoms with Crippen molar-refractivity contribution in [3.05, 3.63) is 150 Å². The Morgan fingerprint density at radius 3 is 1.74 bits per heavy atom. The Morgan fingerprint density at radius 1 is 0.593 bits per heavy atom. The van der Waals surface area contributed by atoms with Crippen molar-refractivity contribution in [3.63, 3.8) is 0 Å². The first-order valence-corrected chi connectivity index (χ1v) is 18.4. The topological polar surface area (TPSA) is 91.5 Å². The van der Waals surface area contributed by atoms with Gasteiger partial charge in [0, 0.05) is 38.5 Å². The lowest BCUT2D eigenvalue weighted by molar-refractivity contribution is 0.0705. The lowest BCUT2D eigenvalue weighted by atomic mass is 9.82. The molecule has 0 aliphatic carbocycles. The maximum atomic E-state index is 9.01. The van der Waals surface area contributed by atoms with Crippen molar-refractivity contribution in [2.75, 3.05) is 52.9 Å². The Balaban J connectivity index is 1.27. The Morgan fingerprint density at radius 2 is 1.15 bits per heavy atom. The van der Waals surface area contributed by atoms with Crippen molar-refractivity contribution in [2.45, 2.75) is 12.5 Å². The Labute approximate surface area is 314 Å². The summed E-state index contributed by atoms with van der Waals surface area (Å²) in [5, 5.41) is 22.6. The Hall–Kier alpha value is -5.64. The number of fused-ring (bicyclic) bond motifs is 8.